The highest BCUT2D eigenvalue weighted by Crippen LogP contribution is 2.20. The minimum absolute atomic E-state index is 0.0518. The Morgan fingerprint density at radius 3 is 2.83 bits per heavy atom. The number of rotatable bonds is 6. The molecule has 5 nitrogen and oxygen atoms in total. The first-order chi connectivity index (χ1) is 11.0. The molecule has 1 amide bonds. The summed E-state index contributed by atoms with van der Waals surface area (Å²) >= 11 is 6.01. The van der Waals surface area contributed by atoms with Crippen LogP contribution in [0.4, 0.5) is 0 Å². The van der Waals surface area contributed by atoms with Crippen LogP contribution in [-0.4, -0.2) is 43.0 Å². The third kappa shape index (κ3) is 5.15. The number of carbonyl (C=O) groups excluding carboxylic acids is 1. The highest BCUT2D eigenvalue weighted by atomic mass is 35.5. The summed E-state index contributed by atoms with van der Waals surface area (Å²) in [6.07, 6.45) is 6.51. The number of carbonyl (C=O) groups is 1. The lowest BCUT2D eigenvalue weighted by atomic mass is 9.96. The smallest absolute Gasteiger partial charge is 0.249 e. The lowest BCUT2D eigenvalue weighted by Crippen LogP contribution is -2.43. The van der Waals surface area contributed by atoms with Crippen LogP contribution in [0.2, 0.25) is 0 Å². The molecule has 1 saturated heterocycles. The molecule has 2 aliphatic heterocycles. The van der Waals surface area contributed by atoms with E-state index in [1.165, 1.54) is 19.4 Å². The van der Waals surface area contributed by atoms with Gasteiger partial charge in [-0.1, -0.05) is 24.9 Å². The molecule has 1 unspecified atom stereocenters. The number of amides is 1. The quantitative estimate of drug-likeness (QED) is 0.690. The van der Waals surface area contributed by atoms with Crippen molar-refractivity contribution in [3.8, 4) is 0 Å². The Balaban J connectivity index is 1.76. The molecule has 0 radical (unpaired) electrons. The SMILES string of the molecule is CCCCN1CCC(CNC(=O)C2=CC(Cl)=C(N)NC2C)CC1. The molecule has 0 aromatic heterocycles. The minimum Gasteiger partial charge on any atom is -0.384 e. The van der Waals surface area contributed by atoms with Gasteiger partial charge in [0.05, 0.1) is 11.1 Å². The van der Waals surface area contributed by atoms with Crippen LogP contribution in [-0.2, 0) is 4.79 Å². The number of nitrogens with two attached hydrogens (primary N) is 1. The van der Waals surface area contributed by atoms with Crippen molar-refractivity contribution >= 4 is 17.5 Å². The second-order valence-corrected chi connectivity index (χ2v) is 6.98. The van der Waals surface area contributed by atoms with Crippen molar-refractivity contribution in [2.75, 3.05) is 26.2 Å². The molecule has 0 aromatic rings. The summed E-state index contributed by atoms with van der Waals surface area (Å²) in [7, 11) is 0. The largest absolute Gasteiger partial charge is 0.384 e. The summed E-state index contributed by atoms with van der Waals surface area (Å²) in [4.78, 5) is 14.9. The molecule has 2 rings (SSSR count). The van der Waals surface area contributed by atoms with Gasteiger partial charge in [0.25, 0.3) is 0 Å². The molecule has 4 N–H and O–H groups in total. The van der Waals surface area contributed by atoms with Gasteiger partial charge < -0.3 is 21.3 Å². The Morgan fingerprint density at radius 1 is 1.48 bits per heavy atom. The van der Waals surface area contributed by atoms with Crippen molar-refractivity contribution in [2.45, 2.75) is 45.6 Å². The molecule has 0 aliphatic carbocycles. The summed E-state index contributed by atoms with van der Waals surface area (Å²) in [5.41, 5.74) is 6.37. The molecule has 0 saturated carbocycles. The minimum atomic E-state index is -0.117. The van der Waals surface area contributed by atoms with Crippen molar-refractivity contribution in [2.24, 2.45) is 11.7 Å². The van der Waals surface area contributed by atoms with E-state index in [9.17, 15) is 4.79 Å². The lowest BCUT2D eigenvalue weighted by Gasteiger charge is -2.32. The van der Waals surface area contributed by atoms with Gasteiger partial charge in [-0.15, -0.1) is 0 Å². The van der Waals surface area contributed by atoms with E-state index in [0.29, 0.717) is 22.3 Å². The third-order valence-corrected chi connectivity index (χ3v) is 5.04. The number of nitrogens with zero attached hydrogens (tertiary/aromatic N) is 1. The van der Waals surface area contributed by atoms with Crippen molar-refractivity contribution in [1.29, 1.82) is 0 Å². The molecule has 23 heavy (non-hydrogen) atoms. The highest BCUT2D eigenvalue weighted by Gasteiger charge is 2.24. The van der Waals surface area contributed by atoms with Gasteiger partial charge >= 0.3 is 0 Å². The van der Waals surface area contributed by atoms with Crippen molar-refractivity contribution in [3.05, 3.63) is 22.5 Å². The maximum atomic E-state index is 12.4. The van der Waals surface area contributed by atoms with Gasteiger partial charge in [-0.25, -0.2) is 0 Å². The Labute approximate surface area is 144 Å². The summed E-state index contributed by atoms with van der Waals surface area (Å²) in [5, 5.41) is 6.47. The number of hydrogen-bond donors (Lipinski definition) is 3. The summed E-state index contributed by atoms with van der Waals surface area (Å²) in [5.74, 6) is 0.944. The number of nitrogens with one attached hydrogen (secondary N) is 2. The zero-order valence-electron chi connectivity index (χ0n) is 14.2. The monoisotopic (exact) mass is 340 g/mol. The molecule has 2 aliphatic rings. The normalized spacial score (nSPS) is 23.4. The maximum Gasteiger partial charge on any atom is 0.249 e. The molecule has 1 atom stereocenters. The molecule has 0 bridgehead atoms. The van der Waals surface area contributed by atoms with E-state index >= 15 is 0 Å². The zero-order chi connectivity index (χ0) is 16.8. The van der Waals surface area contributed by atoms with Crippen LogP contribution in [0.15, 0.2) is 22.5 Å². The second kappa shape index (κ2) is 8.60. The second-order valence-electron chi connectivity index (χ2n) is 6.58. The summed E-state index contributed by atoms with van der Waals surface area (Å²) < 4.78 is 0. The topological polar surface area (TPSA) is 70.4 Å². The van der Waals surface area contributed by atoms with E-state index in [1.54, 1.807) is 6.08 Å². The molecule has 2 heterocycles. The number of piperidine rings is 1. The van der Waals surface area contributed by atoms with Crippen molar-refractivity contribution < 1.29 is 4.79 Å². The summed E-state index contributed by atoms with van der Waals surface area (Å²) in [6, 6.07) is -0.117. The fourth-order valence-electron chi connectivity index (χ4n) is 3.12. The lowest BCUT2D eigenvalue weighted by molar-refractivity contribution is -0.118. The first-order valence-corrected chi connectivity index (χ1v) is 9.03. The molecule has 1 fully saturated rings. The van der Waals surface area contributed by atoms with Crippen LogP contribution in [0.25, 0.3) is 0 Å². The van der Waals surface area contributed by atoms with Crippen molar-refractivity contribution in [3.63, 3.8) is 0 Å². The van der Waals surface area contributed by atoms with E-state index in [1.807, 2.05) is 6.92 Å². The van der Waals surface area contributed by atoms with Gasteiger partial charge in [0.1, 0.15) is 5.82 Å². The Kier molecular flexibility index (Phi) is 6.78. The Hall–Kier alpha value is -1.20. The highest BCUT2D eigenvalue weighted by molar-refractivity contribution is 6.32. The third-order valence-electron chi connectivity index (χ3n) is 4.73. The molecular weight excluding hydrogens is 312 g/mol. The van der Waals surface area contributed by atoms with E-state index in [-0.39, 0.29) is 11.9 Å². The van der Waals surface area contributed by atoms with Crippen LogP contribution in [0, 0.1) is 5.92 Å². The van der Waals surface area contributed by atoms with Gasteiger partial charge in [0.2, 0.25) is 5.91 Å². The van der Waals surface area contributed by atoms with Gasteiger partial charge in [0.15, 0.2) is 0 Å². The molecule has 0 spiro atoms. The molecule has 6 heteroatoms. The fraction of sp³-hybridized carbons (Fsp3) is 0.706. The van der Waals surface area contributed by atoms with E-state index in [4.69, 9.17) is 17.3 Å². The predicted molar refractivity (Wildman–Crippen MR) is 94.8 cm³/mol. The van der Waals surface area contributed by atoms with Crippen LogP contribution in [0.1, 0.15) is 39.5 Å². The van der Waals surface area contributed by atoms with Crippen molar-refractivity contribution in [1.82, 2.24) is 15.5 Å². The first kappa shape index (κ1) is 18.1. The predicted octanol–water partition coefficient (Wildman–Crippen LogP) is 1.90. The average molecular weight is 341 g/mol. The zero-order valence-corrected chi connectivity index (χ0v) is 15.0. The number of unbranched alkanes of at least 4 members (excludes halogenated alkanes) is 1. The standard InChI is InChI=1S/C17H29ClN4O/c1-3-4-7-22-8-5-13(6-9-22)11-20-17(23)14-10-15(18)16(19)21-12(14)2/h10,12-13,21H,3-9,11,19H2,1-2H3,(H,20,23). The first-order valence-electron chi connectivity index (χ1n) is 8.65. The van der Waals surface area contributed by atoms with Crippen LogP contribution < -0.4 is 16.4 Å². The van der Waals surface area contributed by atoms with E-state index < -0.39 is 0 Å². The van der Waals surface area contributed by atoms with E-state index in [2.05, 4.69) is 22.5 Å². The van der Waals surface area contributed by atoms with Gasteiger partial charge in [0, 0.05) is 12.1 Å². The Bertz CT molecular complexity index is 481. The molecular formula is C17H29ClN4O. The van der Waals surface area contributed by atoms with Gasteiger partial charge in [-0.05, 0) is 57.8 Å². The molecule has 0 aromatic carbocycles. The average Bonchev–Trinajstić information content (AvgIpc) is 2.55. The van der Waals surface area contributed by atoms with E-state index in [0.717, 1.165) is 32.5 Å². The number of allylic oxidation sites excluding steroid dienone is 2. The number of halogens is 1. The van der Waals surface area contributed by atoms with Crippen LogP contribution in [0.5, 0.6) is 0 Å². The molecule has 130 valence electrons. The van der Waals surface area contributed by atoms with Crippen LogP contribution in [0.3, 0.4) is 0 Å². The fourth-order valence-corrected chi connectivity index (χ4v) is 3.29. The summed E-state index contributed by atoms with van der Waals surface area (Å²) in [6.45, 7) is 8.37. The number of hydrogen-bond acceptors (Lipinski definition) is 4. The number of dihydropyridines is 1. The van der Waals surface area contributed by atoms with Crippen LogP contribution >= 0.6 is 11.6 Å². The van der Waals surface area contributed by atoms with Gasteiger partial charge in [-0.2, -0.15) is 0 Å². The maximum absolute atomic E-state index is 12.4. The Morgan fingerprint density at radius 2 is 2.17 bits per heavy atom. The van der Waals surface area contributed by atoms with Gasteiger partial charge in [-0.3, -0.25) is 4.79 Å². The number of likely N-dealkylation sites (tertiary alicyclic amines) is 1.